The average Bonchev–Trinajstić information content (AvgIpc) is 2.24. The van der Waals surface area contributed by atoms with Gasteiger partial charge in [-0.3, -0.25) is 37.3 Å². The van der Waals surface area contributed by atoms with Gasteiger partial charge < -0.3 is 33.8 Å². The Morgan fingerprint density at radius 2 is 0.641 bits per heavy atom. The number of ether oxygens (including phenoxy) is 4. The summed E-state index contributed by atoms with van der Waals surface area (Å²) in [4.78, 5) is 72.4. The average molecular weight is 1340 g/mol. The fourth-order valence-electron chi connectivity index (χ4n) is 8.83. The van der Waals surface area contributed by atoms with Crippen LogP contribution in [-0.4, -0.2) is 96.7 Å². The van der Waals surface area contributed by atoms with E-state index in [1.54, 1.807) is 6.08 Å². The van der Waals surface area contributed by atoms with Crippen molar-refractivity contribution in [3.05, 3.63) is 109 Å². The number of esters is 4. The molecular formula is C73H124O17P2. The van der Waals surface area contributed by atoms with Crippen molar-refractivity contribution < 1.29 is 80.2 Å². The predicted molar refractivity (Wildman–Crippen MR) is 372 cm³/mol. The molecule has 0 aliphatic heterocycles. The highest BCUT2D eigenvalue weighted by Gasteiger charge is 2.30. The maximum Gasteiger partial charge on any atom is 0.472 e. The van der Waals surface area contributed by atoms with Gasteiger partial charge >= 0.3 is 39.5 Å². The van der Waals surface area contributed by atoms with Crippen molar-refractivity contribution in [2.24, 2.45) is 0 Å². The zero-order valence-electron chi connectivity index (χ0n) is 57.2. The van der Waals surface area contributed by atoms with Crippen LogP contribution >= 0.6 is 15.6 Å². The van der Waals surface area contributed by atoms with E-state index < -0.39 is 97.5 Å². The van der Waals surface area contributed by atoms with Gasteiger partial charge in [-0.2, -0.15) is 0 Å². The molecule has 0 heterocycles. The highest BCUT2D eigenvalue weighted by Crippen LogP contribution is 2.45. The molecular weight excluding hydrogens is 1210 g/mol. The Hall–Kier alpha value is -4.28. The van der Waals surface area contributed by atoms with Crippen LogP contribution in [0.1, 0.15) is 272 Å². The first-order chi connectivity index (χ1) is 44.7. The molecule has 0 aromatic rings. The van der Waals surface area contributed by atoms with Crippen molar-refractivity contribution in [3.8, 4) is 0 Å². The summed E-state index contributed by atoms with van der Waals surface area (Å²) >= 11 is 0. The lowest BCUT2D eigenvalue weighted by atomic mass is 10.1. The van der Waals surface area contributed by atoms with Crippen molar-refractivity contribution in [2.45, 2.75) is 290 Å². The number of allylic oxidation sites excluding steroid dienone is 17. The molecule has 0 saturated carbocycles. The number of aliphatic hydroxyl groups is 1. The number of unbranched alkanes of at least 4 members (excludes halogenated alkanes) is 22. The van der Waals surface area contributed by atoms with E-state index in [-0.39, 0.29) is 25.7 Å². The fraction of sp³-hybridized carbons (Fsp3) is 0.699. The fourth-order valence-corrected chi connectivity index (χ4v) is 10.4. The Kier molecular flexibility index (Phi) is 62.3. The quantitative estimate of drug-likeness (QED) is 0.0169. The molecule has 0 aromatic heterocycles. The van der Waals surface area contributed by atoms with E-state index >= 15 is 0 Å². The van der Waals surface area contributed by atoms with Crippen LogP contribution < -0.4 is 0 Å². The van der Waals surface area contributed by atoms with E-state index in [9.17, 15) is 43.2 Å². The number of carbonyl (C=O) groups excluding carboxylic acids is 4. The number of phosphoric acid groups is 2. The van der Waals surface area contributed by atoms with Gasteiger partial charge in [-0.15, -0.1) is 0 Å². The first-order valence-corrected chi connectivity index (χ1v) is 38.1. The van der Waals surface area contributed by atoms with Gasteiger partial charge in [-0.05, 0) is 122 Å². The molecule has 0 amide bonds. The summed E-state index contributed by atoms with van der Waals surface area (Å²) in [6, 6.07) is 0. The van der Waals surface area contributed by atoms with Crippen LogP contribution in [0.3, 0.4) is 0 Å². The highest BCUT2D eigenvalue weighted by atomic mass is 31.2. The van der Waals surface area contributed by atoms with Crippen LogP contribution in [0.4, 0.5) is 0 Å². The lowest BCUT2D eigenvalue weighted by molar-refractivity contribution is -0.161. The monoisotopic (exact) mass is 1330 g/mol. The summed E-state index contributed by atoms with van der Waals surface area (Å²) in [5, 5.41) is 10.6. The molecule has 528 valence electrons. The smallest absolute Gasteiger partial charge is 0.462 e. The number of hydrogen-bond donors (Lipinski definition) is 3. The Morgan fingerprint density at radius 3 is 1.05 bits per heavy atom. The number of phosphoric ester groups is 2. The molecule has 0 radical (unpaired) electrons. The van der Waals surface area contributed by atoms with Crippen molar-refractivity contribution in [1.82, 2.24) is 0 Å². The summed E-state index contributed by atoms with van der Waals surface area (Å²) < 4.78 is 68.0. The zero-order chi connectivity index (χ0) is 67.5. The number of rotatable bonds is 65. The molecule has 0 aliphatic rings. The molecule has 17 nitrogen and oxygen atoms in total. The van der Waals surface area contributed by atoms with Gasteiger partial charge in [0.1, 0.15) is 19.3 Å². The van der Waals surface area contributed by atoms with E-state index in [2.05, 4.69) is 113 Å². The minimum Gasteiger partial charge on any atom is -0.462 e. The van der Waals surface area contributed by atoms with Crippen LogP contribution in [0, 0.1) is 0 Å². The molecule has 5 atom stereocenters. The van der Waals surface area contributed by atoms with Gasteiger partial charge in [-0.25, -0.2) is 9.13 Å². The maximum atomic E-state index is 13.0. The van der Waals surface area contributed by atoms with Crippen molar-refractivity contribution in [3.63, 3.8) is 0 Å². The second-order valence-electron chi connectivity index (χ2n) is 23.1. The predicted octanol–water partition coefficient (Wildman–Crippen LogP) is 19.4. The second-order valence-corrected chi connectivity index (χ2v) is 26.0. The van der Waals surface area contributed by atoms with Gasteiger partial charge in [0.15, 0.2) is 12.2 Å². The number of aliphatic hydroxyl groups excluding tert-OH is 1. The summed E-state index contributed by atoms with van der Waals surface area (Å²) in [5.41, 5.74) is 0. The van der Waals surface area contributed by atoms with Gasteiger partial charge in [0.25, 0.3) is 0 Å². The van der Waals surface area contributed by atoms with Crippen molar-refractivity contribution in [2.75, 3.05) is 39.6 Å². The van der Waals surface area contributed by atoms with E-state index in [0.29, 0.717) is 25.7 Å². The first-order valence-electron chi connectivity index (χ1n) is 35.1. The van der Waals surface area contributed by atoms with Gasteiger partial charge in [-0.1, -0.05) is 233 Å². The molecule has 0 aliphatic carbocycles. The maximum absolute atomic E-state index is 13.0. The molecule has 0 spiro atoms. The molecule has 0 aromatic carbocycles. The van der Waals surface area contributed by atoms with Crippen LogP contribution in [-0.2, 0) is 65.4 Å². The number of hydrogen-bond acceptors (Lipinski definition) is 15. The largest absolute Gasteiger partial charge is 0.472 e. The minimum absolute atomic E-state index is 0.0633. The molecule has 0 fully saturated rings. The summed E-state index contributed by atoms with van der Waals surface area (Å²) in [6.45, 7) is 4.46. The van der Waals surface area contributed by atoms with Crippen molar-refractivity contribution >= 4 is 39.5 Å². The number of carbonyl (C=O) groups is 4. The van der Waals surface area contributed by atoms with E-state index in [0.717, 1.165) is 154 Å². The van der Waals surface area contributed by atoms with Crippen LogP contribution in [0.2, 0.25) is 0 Å². The molecule has 5 unspecified atom stereocenters. The molecule has 92 heavy (non-hydrogen) atoms. The van der Waals surface area contributed by atoms with E-state index in [4.69, 9.17) is 37.0 Å². The van der Waals surface area contributed by atoms with Gasteiger partial charge in [0, 0.05) is 19.3 Å². The van der Waals surface area contributed by atoms with Crippen molar-refractivity contribution in [1.29, 1.82) is 0 Å². The minimum atomic E-state index is -4.99. The lowest BCUT2D eigenvalue weighted by Gasteiger charge is -2.21. The Labute approximate surface area is 556 Å². The van der Waals surface area contributed by atoms with Crippen LogP contribution in [0.25, 0.3) is 0 Å². The molecule has 19 heteroatoms. The Balaban J connectivity index is 5.40. The topological polar surface area (TPSA) is 237 Å². The van der Waals surface area contributed by atoms with Crippen LogP contribution in [0.5, 0.6) is 0 Å². The van der Waals surface area contributed by atoms with Gasteiger partial charge in [0.05, 0.1) is 32.8 Å². The van der Waals surface area contributed by atoms with Crippen LogP contribution in [0.15, 0.2) is 109 Å². The summed E-state index contributed by atoms with van der Waals surface area (Å²) in [5.74, 6) is -2.36. The highest BCUT2D eigenvalue weighted by molar-refractivity contribution is 7.47. The summed E-state index contributed by atoms with van der Waals surface area (Å²) in [6.07, 6.45) is 67.1. The normalized spacial score (nSPS) is 14.7. The molecule has 3 N–H and O–H groups in total. The first kappa shape index (κ1) is 87.7. The zero-order valence-corrected chi connectivity index (χ0v) is 59.0. The third kappa shape index (κ3) is 64.4. The lowest BCUT2D eigenvalue weighted by Crippen LogP contribution is -2.30. The van der Waals surface area contributed by atoms with E-state index in [1.807, 2.05) is 18.2 Å². The summed E-state index contributed by atoms with van der Waals surface area (Å²) in [7, 11) is -9.97. The molecule has 0 bridgehead atoms. The van der Waals surface area contributed by atoms with Gasteiger partial charge in [0.2, 0.25) is 0 Å². The third-order valence-electron chi connectivity index (χ3n) is 14.2. The molecule has 0 rings (SSSR count). The SMILES string of the molecule is CC/C=C\C/C=C\C/C=C\C/C=C\C/C=C\CC(=O)OCC(COP(=O)(O)OCC(O)COP(=O)(O)OCC(COC(=O)CCCCCCC/C=C\C/C=C\CCC)OC(=O)CCCCCCC/C=C\CCCCCC)OC(=O)CCCCCCC/C=C\CCCC. The Bertz CT molecular complexity index is 2180. The standard InChI is InChI=1S/C73H124O17P2/c1-5-9-13-17-21-25-29-32-33-36-39-42-46-50-54-58-71(76)84-63-68(89-72(77)59-55-51-47-43-37-28-24-20-16-12-8-4)65-87-91(79,80)85-61-67(74)62-86-92(81,82)88-66-69(90-73(78)60-56-52-48-44-40-35-31-27-23-19-15-11-7-3)64-83-70(75)57-53-49-45-41-38-34-30-26-22-18-14-10-6-2/h9,13-14,18,20-21,24-27,30-33,39,42,50,54,67-69,74H,5-8,10-12,15-17,19,22-23,28-29,34-38,40-41,43-49,51-53,55-66H2,1-4H3,(H,79,80)(H,81,82)/b13-9-,18-14-,24-20-,25-21-,30-26-,31-27-,33-32-,42-39-,54-50-. The molecule has 0 saturated heterocycles. The second kappa shape index (κ2) is 65.4. The Morgan fingerprint density at radius 1 is 0.326 bits per heavy atom. The third-order valence-corrected chi connectivity index (χ3v) is 16.1. The van der Waals surface area contributed by atoms with E-state index in [1.165, 1.54) is 38.5 Å².